The maximum absolute atomic E-state index is 12.1. The average Bonchev–Trinajstić information content (AvgIpc) is 3.09. The summed E-state index contributed by atoms with van der Waals surface area (Å²) in [6.45, 7) is 15.1. The summed E-state index contributed by atoms with van der Waals surface area (Å²) in [6, 6.07) is 38.5. The van der Waals surface area contributed by atoms with Crippen molar-refractivity contribution in [1.82, 2.24) is 0 Å². The van der Waals surface area contributed by atoms with Crippen molar-refractivity contribution < 1.29 is 37.0 Å². The molecule has 0 fully saturated rings. The number of hydrogen-bond donors (Lipinski definition) is 2. The van der Waals surface area contributed by atoms with Crippen molar-refractivity contribution in [2.75, 3.05) is 0 Å². The van der Waals surface area contributed by atoms with E-state index in [9.17, 15) is 18.9 Å². The summed E-state index contributed by atoms with van der Waals surface area (Å²) in [4.78, 5) is 19.8. The van der Waals surface area contributed by atoms with Crippen molar-refractivity contribution in [3.05, 3.63) is 166 Å². The first-order chi connectivity index (χ1) is 25.5. The maximum Gasteiger partial charge on any atom is 0.584 e. The van der Waals surface area contributed by atoms with Gasteiger partial charge in [-0.3, -0.25) is 9.79 Å². The van der Waals surface area contributed by atoms with Crippen molar-refractivity contribution in [3.63, 3.8) is 0 Å². The van der Waals surface area contributed by atoms with E-state index in [2.05, 4.69) is 48.5 Å². The van der Waals surface area contributed by atoms with Crippen molar-refractivity contribution in [2.24, 2.45) is 0 Å². The summed E-state index contributed by atoms with van der Waals surface area (Å²) in [5, 5.41) is 0. The molecule has 0 bridgehead atoms. The number of aryl methyl sites for hydroxylation is 8. The molecular formula is C44H46O8P2. The molecule has 1 aliphatic rings. The molecule has 0 saturated carbocycles. The third kappa shape index (κ3) is 10.5. The van der Waals surface area contributed by atoms with Gasteiger partial charge < -0.3 is 18.1 Å². The third-order valence-corrected chi connectivity index (χ3v) is 10.3. The van der Waals surface area contributed by atoms with E-state index in [1.54, 1.807) is 24.3 Å². The second-order valence-corrected chi connectivity index (χ2v) is 16.1. The van der Waals surface area contributed by atoms with Gasteiger partial charge in [0, 0.05) is 0 Å². The Balaban J connectivity index is 0.000000161. The zero-order valence-corrected chi connectivity index (χ0v) is 33.6. The molecule has 6 aromatic carbocycles. The van der Waals surface area contributed by atoms with Crippen LogP contribution in [-0.4, -0.2) is 9.79 Å². The maximum atomic E-state index is 12.1. The van der Waals surface area contributed by atoms with Crippen molar-refractivity contribution >= 4 is 15.6 Å². The molecule has 6 aromatic rings. The molecule has 0 aromatic heterocycles. The first-order valence-electron chi connectivity index (χ1n) is 17.4. The third-order valence-electron chi connectivity index (χ3n) is 8.61. The summed E-state index contributed by atoms with van der Waals surface area (Å²) in [5.74, 6) is 1.37. The molecule has 0 heterocycles. The zero-order chi connectivity index (χ0) is 39.2. The fourth-order valence-corrected chi connectivity index (χ4v) is 7.87. The highest BCUT2D eigenvalue weighted by Gasteiger charge is 2.28. The van der Waals surface area contributed by atoms with E-state index in [-0.39, 0.29) is 0 Å². The van der Waals surface area contributed by atoms with Crippen LogP contribution in [0.2, 0.25) is 0 Å². The molecule has 1 aliphatic carbocycles. The second kappa shape index (κ2) is 16.9. The lowest BCUT2D eigenvalue weighted by atomic mass is 9.81. The molecule has 0 aliphatic heterocycles. The minimum Gasteiger partial charge on any atom is -0.395 e. The van der Waals surface area contributed by atoms with Gasteiger partial charge >= 0.3 is 15.6 Å². The Bertz CT molecular complexity index is 2050. The summed E-state index contributed by atoms with van der Waals surface area (Å²) >= 11 is 0. The lowest BCUT2D eigenvalue weighted by Gasteiger charge is -2.22. The van der Waals surface area contributed by atoms with Crippen LogP contribution in [0.3, 0.4) is 0 Å². The highest BCUT2D eigenvalue weighted by molar-refractivity contribution is 7.48. The van der Waals surface area contributed by atoms with Crippen LogP contribution in [0.1, 0.15) is 44.5 Å². The lowest BCUT2D eigenvalue weighted by molar-refractivity contribution is 0.287. The van der Waals surface area contributed by atoms with E-state index in [0.29, 0.717) is 23.0 Å². The van der Waals surface area contributed by atoms with Gasteiger partial charge in [0.15, 0.2) is 0 Å². The minimum atomic E-state index is -4.22. The molecule has 0 saturated heterocycles. The van der Waals surface area contributed by atoms with Gasteiger partial charge in [0.1, 0.15) is 23.0 Å². The Morgan fingerprint density at radius 3 is 0.741 bits per heavy atom. The van der Waals surface area contributed by atoms with Crippen molar-refractivity contribution in [2.45, 2.75) is 55.4 Å². The first-order valence-corrected chi connectivity index (χ1v) is 20.4. The van der Waals surface area contributed by atoms with E-state index in [1.165, 1.54) is 22.3 Å². The molecule has 10 heteroatoms. The van der Waals surface area contributed by atoms with Gasteiger partial charge in [-0.2, -0.15) is 0 Å². The van der Waals surface area contributed by atoms with Crippen LogP contribution in [0.15, 0.2) is 121 Å². The number of fused-ring (bicyclic) bond motifs is 4. The number of benzene rings is 6. The van der Waals surface area contributed by atoms with Crippen LogP contribution in [0.4, 0.5) is 0 Å². The van der Waals surface area contributed by atoms with E-state index in [4.69, 9.17) is 18.1 Å². The Labute approximate surface area is 318 Å². The van der Waals surface area contributed by atoms with Crippen LogP contribution in [-0.2, 0) is 9.13 Å². The average molecular weight is 765 g/mol. The highest BCUT2D eigenvalue weighted by Crippen LogP contribution is 2.48. The second-order valence-electron chi connectivity index (χ2n) is 13.5. The van der Waals surface area contributed by atoms with Crippen LogP contribution >= 0.6 is 15.6 Å². The standard InChI is InChI=1S/2C16H19O4P.C12H8/c2*1-11-5-7-15(13(3)9-11)19-21(17,18)20-16-8-6-12(2)10-14(16)4;1-2-6-10-9(5-1)11-7-3-4-8-12(10)11/h2*5-10H,1-4H3,(H,17,18);1-8H. The zero-order valence-electron chi connectivity index (χ0n) is 31.8. The van der Waals surface area contributed by atoms with Gasteiger partial charge in [0.2, 0.25) is 0 Å². The quantitative estimate of drug-likeness (QED) is 0.147. The molecule has 2 N–H and O–H groups in total. The van der Waals surface area contributed by atoms with Gasteiger partial charge in [-0.25, -0.2) is 9.13 Å². The Morgan fingerprint density at radius 1 is 0.352 bits per heavy atom. The topological polar surface area (TPSA) is 112 Å². The molecular weight excluding hydrogens is 718 g/mol. The summed E-state index contributed by atoms with van der Waals surface area (Å²) in [6.07, 6.45) is 0. The van der Waals surface area contributed by atoms with Crippen LogP contribution in [0.5, 0.6) is 23.0 Å². The molecule has 7 rings (SSSR count). The number of phosphoric acid groups is 2. The van der Waals surface area contributed by atoms with Gasteiger partial charge in [0.25, 0.3) is 0 Å². The van der Waals surface area contributed by atoms with Gasteiger partial charge in [-0.05, 0) is 124 Å². The summed E-state index contributed by atoms with van der Waals surface area (Å²) in [5.41, 5.74) is 13.0. The van der Waals surface area contributed by atoms with Crippen molar-refractivity contribution in [3.8, 4) is 45.3 Å². The molecule has 8 nitrogen and oxygen atoms in total. The molecule has 280 valence electrons. The van der Waals surface area contributed by atoms with Gasteiger partial charge in [-0.15, -0.1) is 0 Å². The van der Waals surface area contributed by atoms with Gasteiger partial charge in [-0.1, -0.05) is 119 Å². The lowest BCUT2D eigenvalue weighted by Crippen LogP contribution is -2.02. The molecule has 0 amide bonds. The summed E-state index contributed by atoms with van der Waals surface area (Å²) < 4.78 is 44.9. The van der Waals surface area contributed by atoms with E-state index >= 15 is 0 Å². The van der Waals surface area contributed by atoms with Crippen LogP contribution < -0.4 is 18.1 Å². The van der Waals surface area contributed by atoms with Gasteiger partial charge in [0.05, 0.1) is 0 Å². The van der Waals surface area contributed by atoms with E-state index in [0.717, 1.165) is 44.5 Å². The van der Waals surface area contributed by atoms with E-state index < -0.39 is 15.6 Å². The monoisotopic (exact) mass is 764 g/mol. The fourth-order valence-electron chi connectivity index (χ4n) is 5.98. The normalized spacial score (nSPS) is 11.3. The summed E-state index contributed by atoms with van der Waals surface area (Å²) in [7, 11) is -8.44. The Kier molecular flexibility index (Phi) is 12.6. The smallest absolute Gasteiger partial charge is 0.395 e. The number of hydrogen-bond acceptors (Lipinski definition) is 6. The minimum absolute atomic E-state index is 0.344. The molecule has 0 spiro atoms. The molecule has 0 radical (unpaired) electrons. The largest absolute Gasteiger partial charge is 0.584 e. The number of rotatable bonds is 8. The van der Waals surface area contributed by atoms with Crippen molar-refractivity contribution in [1.29, 1.82) is 0 Å². The number of phosphoric ester groups is 2. The molecule has 0 unspecified atom stereocenters. The molecule has 54 heavy (non-hydrogen) atoms. The Morgan fingerprint density at radius 2 is 0.556 bits per heavy atom. The predicted octanol–water partition coefficient (Wildman–Crippen LogP) is 12.3. The van der Waals surface area contributed by atoms with Crippen LogP contribution in [0.25, 0.3) is 22.3 Å². The first kappa shape index (κ1) is 40.1. The van der Waals surface area contributed by atoms with E-state index in [1.807, 2.05) is 104 Å². The Hall–Kier alpha value is -5.10. The predicted molar refractivity (Wildman–Crippen MR) is 217 cm³/mol. The van der Waals surface area contributed by atoms with Crippen LogP contribution in [0, 0.1) is 55.4 Å². The highest BCUT2D eigenvalue weighted by atomic mass is 31.2. The fraction of sp³-hybridized carbons (Fsp3) is 0.182. The SMILES string of the molecule is Cc1ccc(OP(=O)(O)Oc2ccc(C)cc2C)c(C)c1.Cc1ccc(OP(=O)(O)Oc2ccc(C)cc2C)c(C)c1.c1ccc2c(c1)-c1ccccc1-2. The molecule has 0 atom stereocenters.